The number of thiazole rings is 1. The zero-order valence-electron chi connectivity index (χ0n) is 18.6. The number of carbonyl (C=O) groups is 1. The minimum absolute atomic E-state index is 0.0657. The Bertz CT molecular complexity index is 1300. The first kappa shape index (κ1) is 22.4. The second kappa shape index (κ2) is 9.46. The van der Waals surface area contributed by atoms with Crippen molar-refractivity contribution in [1.29, 1.82) is 0 Å². The van der Waals surface area contributed by atoms with E-state index in [4.69, 9.17) is 4.42 Å². The number of nitrogens with zero attached hydrogens (tertiary/aromatic N) is 3. The Labute approximate surface area is 200 Å². The molecule has 2 aromatic carbocycles. The van der Waals surface area contributed by atoms with Gasteiger partial charge in [0.05, 0.1) is 9.88 Å². The third-order valence-corrected chi connectivity index (χ3v) is 7.05. The molecule has 0 unspecified atom stereocenters. The van der Waals surface area contributed by atoms with Crippen molar-refractivity contribution in [2.45, 2.75) is 38.6 Å². The highest BCUT2D eigenvalue weighted by Crippen LogP contribution is 2.33. The molecule has 1 fully saturated rings. The Morgan fingerprint density at radius 3 is 2.41 bits per heavy atom. The normalized spacial score (nSPS) is 16.1. The number of carbonyl (C=O) groups excluding carboxylic acids is 1. The lowest BCUT2D eigenvalue weighted by Crippen LogP contribution is -2.45. The van der Waals surface area contributed by atoms with Gasteiger partial charge in [-0.3, -0.25) is 4.79 Å². The first-order valence-corrected chi connectivity index (χ1v) is 12.0. The number of hydrogen-bond acceptors (Lipinski definition) is 5. The lowest BCUT2D eigenvalue weighted by atomic mass is 9.98. The van der Waals surface area contributed by atoms with E-state index in [1.54, 1.807) is 30.5 Å². The second-order valence-electron chi connectivity index (χ2n) is 8.40. The van der Waals surface area contributed by atoms with Crippen LogP contribution in [0.3, 0.4) is 0 Å². The van der Waals surface area contributed by atoms with E-state index in [1.807, 2.05) is 11.8 Å². The van der Waals surface area contributed by atoms with Crippen LogP contribution in [-0.2, 0) is 6.42 Å². The van der Waals surface area contributed by atoms with E-state index < -0.39 is 0 Å². The molecule has 8 heteroatoms. The van der Waals surface area contributed by atoms with Gasteiger partial charge in [-0.15, -0.1) is 11.3 Å². The van der Waals surface area contributed by atoms with Gasteiger partial charge in [0.15, 0.2) is 5.89 Å². The molecule has 2 aromatic heterocycles. The predicted octanol–water partition coefficient (Wildman–Crippen LogP) is 6.29. The summed E-state index contributed by atoms with van der Waals surface area (Å²) in [6.07, 6.45) is 4.83. The van der Waals surface area contributed by atoms with Crippen LogP contribution in [0.5, 0.6) is 0 Å². The molecule has 0 bridgehead atoms. The average Bonchev–Trinajstić information content (AvgIpc) is 3.47. The Kier molecular flexibility index (Phi) is 6.24. The molecule has 0 N–H and O–H groups in total. The highest BCUT2D eigenvalue weighted by molar-refractivity contribution is 7.15. The van der Waals surface area contributed by atoms with E-state index >= 15 is 0 Å². The van der Waals surface area contributed by atoms with Crippen LogP contribution >= 0.6 is 11.3 Å². The van der Waals surface area contributed by atoms with Crippen molar-refractivity contribution in [3.8, 4) is 21.7 Å². The van der Waals surface area contributed by atoms with Crippen LogP contribution < -0.4 is 0 Å². The molecule has 1 atom stereocenters. The topological polar surface area (TPSA) is 59.2 Å². The summed E-state index contributed by atoms with van der Waals surface area (Å²) in [5.74, 6) is -0.211. The Morgan fingerprint density at radius 1 is 1.03 bits per heavy atom. The quantitative estimate of drug-likeness (QED) is 0.338. The van der Waals surface area contributed by atoms with E-state index in [0.29, 0.717) is 30.2 Å². The maximum Gasteiger partial charge on any atom is 0.274 e. The van der Waals surface area contributed by atoms with Crippen LogP contribution in [0.25, 0.3) is 21.7 Å². The molecule has 1 aliphatic rings. The zero-order valence-corrected chi connectivity index (χ0v) is 19.4. The number of piperidine rings is 1. The minimum atomic E-state index is -0.320. The van der Waals surface area contributed by atoms with Crippen molar-refractivity contribution in [2.24, 2.45) is 0 Å². The number of aromatic nitrogens is 2. The van der Waals surface area contributed by atoms with Gasteiger partial charge in [-0.2, -0.15) is 0 Å². The molecule has 0 aliphatic carbocycles. The molecule has 0 spiro atoms. The maximum atomic E-state index is 13.6. The molecule has 34 heavy (non-hydrogen) atoms. The largest absolute Gasteiger partial charge is 0.448 e. The standard InChI is InChI=1S/C26H23F2N3O2S/c1-16-29-24(25(34-16)18-7-11-20(28)12-8-18)26(32)31-13-3-2-4-21(31)14-23-30-22(15-33-23)17-5-9-19(27)10-6-17/h5-12,15,21H,2-4,13-14H2,1H3/t21-/m1/s1. The van der Waals surface area contributed by atoms with E-state index in [1.165, 1.54) is 35.6 Å². The van der Waals surface area contributed by atoms with Crippen LogP contribution in [0.1, 0.15) is 40.6 Å². The number of oxazole rings is 1. The van der Waals surface area contributed by atoms with Crippen LogP contribution in [-0.4, -0.2) is 33.4 Å². The van der Waals surface area contributed by atoms with Gasteiger partial charge < -0.3 is 9.32 Å². The third kappa shape index (κ3) is 4.63. The van der Waals surface area contributed by atoms with Crippen molar-refractivity contribution in [3.05, 3.63) is 83.0 Å². The summed E-state index contributed by atoms with van der Waals surface area (Å²) in [5.41, 5.74) is 2.59. The predicted molar refractivity (Wildman–Crippen MR) is 127 cm³/mol. The summed E-state index contributed by atoms with van der Waals surface area (Å²) in [6.45, 7) is 2.50. The summed E-state index contributed by atoms with van der Waals surface area (Å²) in [4.78, 5) is 25.4. The smallest absolute Gasteiger partial charge is 0.274 e. The number of amides is 1. The van der Waals surface area contributed by atoms with Gasteiger partial charge in [0.2, 0.25) is 0 Å². The summed E-state index contributed by atoms with van der Waals surface area (Å²) in [6, 6.07) is 12.2. The number of halogens is 2. The van der Waals surface area contributed by atoms with E-state index in [-0.39, 0.29) is 23.6 Å². The summed E-state index contributed by atoms with van der Waals surface area (Å²) < 4.78 is 32.4. The molecular weight excluding hydrogens is 456 g/mol. The Balaban J connectivity index is 1.38. The fraction of sp³-hybridized carbons (Fsp3) is 0.269. The SMILES string of the molecule is Cc1nc(C(=O)N2CCCC[C@@H]2Cc2nc(-c3ccc(F)cc3)co2)c(-c2ccc(F)cc2)s1. The highest BCUT2D eigenvalue weighted by atomic mass is 32.1. The van der Waals surface area contributed by atoms with Crippen LogP contribution in [0.2, 0.25) is 0 Å². The van der Waals surface area contributed by atoms with Gasteiger partial charge in [-0.25, -0.2) is 18.7 Å². The van der Waals surface area contributed by atoms with E-state index in [9.17, 15) is 13.6 Å². The zero-order chi connectivity index (χ0) is 23.7. The van der Waals surface area contributed by atoms with Gasteiger partial charge >= 0.3 is 0 Å². The average molecular weight is 480 g/mol. The van der Waals surface area contributed by atoms with Gasteiger partial charge in [0.25, 0.3) is 5.91 Å². The molecule has 5 nitrogen and oxygen atoms in total. The molecule has 1 saturated heterocycles. The molecule has 0 saturated carbocycles. The lowest BCUT2D eigenvalue weighted by molar-refractivity contribution is 0.0601. The molecule has 4 aromatic rings. The summed E-state index contributed by atoms with van der Waals surface area (Å²) in [5, 5.41) is 0.785. The van der Waals surface area contributed by atoms with Crippen molar-refractivity contribution < 1.29 is 18.0 Å². The Morgan fingerprint density at radius 2 is 1.71 bits per heavy atom. The molecule has 0 radical (unpaired) electrons. The van der Waals surface area contributed by atoms with Crippen LogP contribution in [0.4, 0.5) is 8.78 Å². The lowest BCUT2D eigenvalue weighted by Gasteiger charge is -2.35. The first-order valence-electron chi connectivity index (χ1n) is 11.2. The Hall–Kier alpha value is -3.39. The highest BCUT2D eigenvalue weighted by Gasteiger charge is 2.32. The number of benzene rings is 2. The van der Waals surface area contributed by atoms with Gasteiger partial charge in [0.1, 0.15) is 29.3 Å². The monoisotopic (exact) mass is 479 g/mol. The second-order valence-corrected chi connectivity index (χ2v) is 9.61. The number of aryl methyl sites for hydroxylation is 1. The van der Waals surface area contributed by atoms with Crippen LogP contribution in [0.15, 0.2) is 59.2 Å². The summed E-state index contributed by atoms with van der Waals surface area (Å²) in [7, 11) is 0. The number of rotatable bonds is 5. The van der Waals surface area contributed by atoms with Crippen molar-refractivity contribution in [2.75, 3.05) is 6.54 Å². The van der Waals surface area contributed by atoms with Gasteiger partial charge in [-0.05, 0) is 68.1 Å². The first-order chi connectivity index (χ1) is 16.5. The molecule has 174 valence electrons. The fourth-order valence-electron chi connectivity index (χ4n) is 4.34. The third-order valence-electron chi connectivity index (χ3n) is 6.03. The maximum absolute atomic E-state index is 13.6. The molecular formula is C26H23F2N3O2S. The van der Waals surface area contributed by atoms with Crippen molar-refractivity contribution in [3.63, 3.8) is 0 Å². The number of likely N-dealkylation sites (tertiary alicyclic amines) is 1. The molecule has 1 amide bonds. The van der Waals surface area contributed by atoms with Gasteiger partial charge in [-0.1, -0.05) is 12.1 Å². The van der Waals surface area contributed by atoms with Crippen LogP contribution in [0, 0.1) is 18.6 Å². The minimum Gasteiger partial charge on any atom is -0.448 e. The molecule has 5 rings (SSSR count). The van der Waals surface area contributed by atoms with Gasteiger partial charge in [0, 0.05) is 24.6 Å². The molecule has 1 aliphatic heterocycles. The fourth-order valence-corrected chi connectivity index (χ4v) is 5.26. The number of hydrogen-bond donors (Lipinski definition) is 0. The van der Waals surface area contributed by atoms with Crippen molar-refractivity contribution >= 4 is 17.2 Å². The van der Waals surface area contributed by atoms with Crippen molar-refractivity contribution in [1.82, 2.24) is 14.9 Å². The van der Waals surface area contributed by atoms with E-state index in [0.717, 1.165) is 40.3 Å². The summed E-state index contributed by atoms with van der Waals surface area (Å²) >= 11 is 1.43. The van der Waals surface area contributed by atoms with E-state index in [2.05, 4.69) is 9.97 Å². The molecule has 3 heterocycles.